The van der Waals surface area contributed by atoms with Crippen LogP contribution in [0.3, 0.4) is 0 Å². The summed E-state index contributed by atoms with van der Waals surface area (Å²) >= 11 is 0. The van der Waals surface area contributed by atoms with Gasteiger partial charge >= 0.3 is 5.97 Å². The molecule has 1 atom stereocenters. The number of fused-ring (bicyclic) bond motifs is 1. The van der Waals surface area contributed by atoms with E-state index in [2.05, 4.69) is 15.3 Å². The van der Waals surface area contributed by atoms with Gasteiger partial charge in [-0.2, -0.15) is 0 Å². The molecule has 5 N–H and O–H groups in total. The topological polar surface area (TPSA) is 136 Å². The summed E-state index contributed by atoms with van der Waals surface area (Å²) in [4.78, 5) is 28.8. The molecule has 0 spiro atoms. The number of carboxylic acids is 1. The Hall–Kier alpha value is -3.23. The number of phenolic OH excluding ortho intramolecular Hbond substituents is 1. The van der Waals surface area contributed by atoms with E-state index in [1.807, 2.05) is 0 Å². The molecule has 3 rings (SSSR count). The molecule has 0 bridgehead atoms. The van der Waals surface area contributed by atoms with Gasteiger partial charge in [-0.25, -0.2) is 4.79 Å². The van der Waals surface area contributed by atoms with Crippen LogP contribution >= 0.6 is 0 Å². The maximum absolute atomic E-state index is 11.4. The average molecular weight is 355 g/mol. The number of phenols is 1. The van der Waals surface area contributed by atoms with Gasteiger partial charge < -0.3 is 25.6 Å². The molecule has 0 saturated carbocycles. The maximum atomic E-state index is 11.4. The third-order valence-corrected chi connectivity index (χ3v) is 3.98. The molecule has 2 aromatic heterocycles. The number of pyridine rings is 2. The molecule has 0 aliphatic rings. The Bertz CT molecular complexity index is 998. The Labute approximate surface area is 147 Å². The number of aromatic hydroxyl groups is 1. The highest BCUT2D eigenvalue weighted by molar-refractivity contribution is 5.87. The third-order valence-electron chi connectivity index (χ3n) is 3.98. The van der Waals surface area contributed by atoms with Gasteiger partial charge in [0, 0.05) is 30.7 Å². The van der Waals surface area contributed by atoms with Crippen LogP contribution in [0.1, 0.15) is 27.7 Å². The van der Waals surface area contributed by atoms with Crippen LogP contribution in [0.15, 0.2) is 47.4 Å². The van der Waals surface area contributed by atoms with Crippen molar-refractivity contribution in [2.24, 2.45) is 0 Å². The van der Waals surface area contributed by atoms with Gasteiger partial charge in [0.1, 0.15) is 5.75 Å². The lowest BCUT2D eigenvalue weighted by molar-refractivity contribution is 0.0696. The number of aromatic amines is 1. The summed E-state index contributed by atoms with van der Waals surface area (Å²) in [7, 11) is 0. The van der Waals surface area contributed by atoms with Crippen molar-refractivity contribution in [3.63, 3.8) is 0 Å². The first-order chi connectivity index (χ1) is 12.5. The lowest BCUT2D eigenvalue weighted by Gasteiger charge is -2.15. The Kier molecular flexibility index (Phi) is 4.97. The molecule has 134 valence electrons. The molecule has 8 nitrogen and oxygen atoms in total. The maximum Gasteiger partial charge on any atom is 0.337 e. The summed E-state index contributed by atoms with van der Waals surface area (Å²) < 4.78 is 0. The number of carbonyl (C=O) groups is 1. The lowest BCUT2D eigenvalue weighted by Crippen LogP contribution is -2.22. The smallest absolute Gasteiger partial charge is 0.337 e. The van der Waals surface area contributed by atoms with Gasteiger partial charge in [-0.3, -0.25) is 9.78 Å². The van der Waals surface area contributed by atoms with Crippen molar-refractivity contribution in [3.8, 4) is 5.75 Å². The molecular weight excluding hydrogens is 338 g/mol. The van der Waals surface area contributed by atoms with E-state index in [1.54, 1.807) is 18.2 Å². The number of aromatic nitrogens is 2. The molecule has 8 heteroatoms. The molecule has 1 aromatic carbocycles. The number of nitrogens with zero attached hydrogens (tertiary/aromatic N) is 1. The van der Waals surface area contributed by atoms with E-state index in [9.17, 15) is 19.8 Å². The van der Waals surface area contributed by atoms with Crippen molar-refractivity contribution in [1.29, 1.82) is 0 Å². The zero-order valence-corrected chi connectivity index (χ0v) is 13.6. The molecule has 3 aromatic rings. The predicted octanol–water partition coefficient (Wildman–Crippen LogP) is 1.15. The Morgan fingerprint density at radius 1 is 1.19 bits per heavy atom. The summed E-state index contributed by atoms with van der Waals surface area (Å²) in [6, 6.07) is 8.97. The first-order valence-electron chi connectivity index (χ1n) is 7.87. The summed E-state index contributed by atoms with van der Waals surface area (Å²) in [5, 5.41) is 32.8. The molecule has 2 heterocycles. The molecule has 0 saturated heterocycles. The van der Waals surface area contributed by atoms with E-state index in [4.69, 9.17) is 5.11 Å². The van der Waals surface area contributed by atoms with E-state index in [1.165, 1.54) is 24.4 Å². The number of hydrogen-bond donors (Lipinski definition) is 5. The van der Waals surface area contributed by atoms with Gasteiger partial charge in [0.05, 0.1) is 22.9 Å². The standard InChI is InChI=1S/C18H17N3O5/c22-14-5-3-12(13-4-6-16(24)21-17(13)14)15(23)9-19-8-11-2-1-10(7-20-11)18(25)26/h1-7,15,19,22-23H,8-9H2,(H,21,24)(H,25,26)/t15-/m0/s1. The minimum Gasteiger partial charge on any atom is -0.506 e. The van der Waals surface area contributed by atoms with Gasteiger partial charge in [-0.1, -0.05) is 6.07 Å². The monoisotopic (exact) mass is 355 g/mol. The van der Waals surface area contributed by atoms with E-state index < -0.39 is 12.1 Å². The van der Waals surface area contributed by atoms with E-state index in [0.29, 0.717) is 23.2 Å². The van der Waals surface area contributed by atoms with Crippen molar-refractivity contribution >= 4 is 16.9 Å². The van der Waals surface area contributed by atoms with Crippen LogP contribution in [0.2, 0.25) is 0 Å². The second-order valence-corrected chi connectivity index (χ2v) is 5.78. The highest BCUT2D eigenvalue weighted by Gasteiger charge is 2.14. The van der Waals surface area contributed by atoms with Gasteiger partial charge in [0.15, 0.2) is 0 Å². The van der Waals surface area contributed by atoms with Crippen molar-refractivity contribution in [2.45, 2.75) is 12.6 Å². The summed E-state index contributed by atoms with van der Waals surface area (Å²) in [5.74, 6) is -1.10. The second kappa shape index (κ2) is 7.34. The zero-order valence-electron chi connectivity index (χ0n) is 13.6. The number of carboxylic acid groups (broad SMARTS) is 1. The fourth-order valence-electron chi connectivity index (χ4n) is 2.65. The minimum atomic E-state index is -1.04. The van der Waals surface area contributed by atoms with Crippen LogP contribution in [0.5, 0.6) is 5.75 Å². The van der Waals surface area contributed by atoms with Gasteiger partial charge in [-0.05, 0) is 29.8 Å². The number of aliphatic hydroxyl groups is 1. The number of H-pyrrole nitrogens is 1. The first kappa shape index (κ1) is 17.6. The molecule has 26 heavy (non-hydrogen) atoms. The second-order valence-electron chi connectivity index (χ2n) is 5.78. The fourth-order valence-corrected chi connectivity index (χ4v) is 2.65. The fraction of sp³-hybridized carbons (Fsp3) is 0.167. The van der Waals surface area contributed by atoms with E-state index in [-0.39, 0.29) is 28.9 Å². The molecule has 0 aliphatic carbocycles. The molecule has 0 fully saturated rings. The highest BCUT2D eigenvalue weighted by Crippen LogP contribution is 2.28. The van der Waals surface area contributed by atoms with Gasteiger partial charge in [-0.15, -0.1) is 0 Å². The third kappa shape index (κ3) is 3.71. The van der Waals surface area contributed by atoms with Crippen LogP contribution in [-0.4, -0.2) is 37.8 Å². The first-order valence-corrected chi connectivity index (χ1v) is 7.87. The predicted molar refractivity (Wildman–Crippen MR) is 94.1 cm³/mol. The summed E-state index contributed by atoms with van der Waals surface area (Å²) in [5.41, 5.74) is 1.25. The van der Waals surface area contributed by atoms with Gasteiger partial charge in [0.2, 0.25) is 5.56 Å². The largest absolute Gasteiger partial charge is 0.506 e. The Morgan fingerprint density at radius 2 is 2.00 bits per heavy atom. The highest BCUT2D eigenvalue weighted by atomic mass is 16.4. The summed E-state index contributed by atoms with van der Waals surface area (Å²) in [6.45, 7) is 0.561. The van der Waals surface area contributed by atoms with E-state index in [0.717, 1.165) is 0 Å². The van der Waals surface area contributed by atoms with Crippen molar-refractivity contribution in [3.05, 3.63) is 69.8 Å². The molecule has 0 amide bonds. The minimum absolute atomic E-state index is 0.0654. The molecule has 0 aliphatic heterocycles. The number of rotatable bonds is 6. The number of aliphatic hydroxyl groups excluding tert-OH is 1. The van der Waals surface area contributed by atoms with Crippen LogP contribution in [-0.2, 0) is 6.54 Å². The van der Waals surface area contributed by atoms with Crippen LogP contribution in [0.4, 0.5) is 0 Å². The van der Waals surface area contributed by atoms with Crippen LogP contribution in [0, 0.1) is 0 Å². The Balaban J connectivity index is 1.69. The van der Waals surface area contributed by atoms with Crippen LogP contribution < -0.4 is 10.9 Å². The normalized spacial score (nSPS) is 12.2. The summed E-state index contributed by atoms with van der Waals surface area (Å²) in [6.07, 6.45) is 0.405. The lowest BCUT2D eigenvalue weighted by atomic mass is 10.0. The molecule has 0 unspecified atom stereocenters. The van der Waals surface area contributed by atoms with Crippen molar-refractivity contribution in [2.75, 3.05) is 6.54 Å². The van der Waals surface area contributed by atoms with Crippen LogP contribution in [0.25, 0.3) is 10.9 Å². The quantitative estimate of drug-likeness (QED) is 0.447. The van der Waals surface area contributed by atoms with Crippen molar-refractivity contribution < 1.29 is 20.1 Å². The molecular formula is C18H17N3O5. The number of benzene rings is 1. The molecule has 0 radical (unpaired) electrons. The Morgan fingerprint density at radius 3 is 2.69 bits per heavy atom. The number of aromatic carboxylic acids is 1. The van der Waals surface area contributed by atoms with Crippen molar-refractivity contribution in [1.82, 2.24) is 15.3 Å². The number of hydrogen-bond acceptors (Lipinski definition) is 6. The van der Waals surface area contributed by atoms with E-state index >= 15 is 0 Å². The number of nitrogens with one attached hydrogen (secondary N) is 2. The van der Waals surface area contributed by atoms with Gasteiger partial charge in [0.25, 0.3) is 0 Å². The zero-order chi connectivity index (χ0) is 18.7. The average Bonchev–Trinajstić information content (AvgIpc) is 2.62. The SMILES string of the molecule is O=C(O)c1ccc(CNC[C@H](O)c2ccc(O)c3[nH]c(=O)ccc23)nc1.